The van der Waals surface area contributed by atoms with Crippen molar-refractivity contribution in [1.29, 1.82) is 0 Å². The molecule has 0 saturated carbocycles. The lowest BCUT2D eigenvalue weighted by molar-refractivity contribution is 0.0690. The van der Waals surface area contributed by atoms with E-state index in [-0.39, 0.29) is 11.9 Å². The third kappa shape index (κ3) is 4.12. The lowest BCUT2D eigenvalue weighted by Crippen LogP contribution is -2.40. The van der Waals surface area contributed by atoms with Crippen molar-refractivity contribution in [2.24, 2.45) is 0 Å². The molecule has 2 aliphatic rings. The molecular weight excluding hydrogens is 458 g/mol. The number of allylic oxidation sites excluding steroid dienone is 1. The van der Waals surface area contributed by atoms with Crippen LogP contribution in [0.3, 0.4) is 0 Å². The van der Waals surface area contributed by atoms with Gasteiger partial charge in [-0.05, 0) is 67.0 Å². The van der Waals surface area contributed by atoms with Gasteiger partial charge in [0, 0.05) is 23.5 Å². The van der Waals surface area contributed by atoms with Crippen molar-refractivity contribution in [1.82, 2.24) is 24.6 Å². The molecule has 0 spiro atoms. The fourth-order valence-electron chi connectivity index (χ4n) is 5.40. The highest BCUT2D eigenvalue weighted by Crippen LogP contribution is 2.37. The second kappa shape index (κ2) is 9.27. The van der Waals surface area contributed by atoms with Crippen molar-refractivity contribution >= 4 is 40.1 Å². The van der Waals surface area contributed by atoms with E-state index in [2.05, 4.69) is 16.2 Å². The quantitative estimate of drug-likeness (QED) is 0.367. The molecule has 0 N–H and O–H groups in total. The molecule has 6 rings (SSSR count). The van der Waals surface area contributed by atoms with Crippen LogP contribution in [0.1, 0.15) is 58.9 Å². The van der Waals surface area contributed by atoms with E-state index in [0.29, 0.717) is 13.1 Å². The van der Waals surface area contributed by atoms with Crippen LogP contribution in [0.2, 0.25) is 5.02 Å². The van der Waals surface area contributed by atoms with Crippen LogP contribution in [-0.4, -0.2) is 43.6 Å². The van der Waals surface area contributed by atoms with E-state index in [9.17, 15) is 4.79 Å². The third-order valence-corrected chi connectivity index (χ3v) is 7.53. The van der Waals surface area contributed by atoms with Gasteiger partial charge >= 0.3 is 0 Å². The number of hydrogen-bond acceptors (Lipinski definition) is 4. The molecule has 0 atom stereocenters. The molecule has 0 bridgehead atoms. The number of nitrogens with zero attached hydrogens (tertiary/aromatic N) is 5. The molecule has 0 radical (unpaired) electrons. The topological polar surface area (TPSA) is 63.9 Å². The summed E-state index contributed by atoms with van der Waals surface area (Å²) in [4.78, 5) is 25.2. The number of carbonyl (C=O) groups excluding carboxylic acids is 1. The summed E-state index contributed by atoms with van der Waals surface area (Å²) in [6.07, 6.45) is 9.97. The first kappa shape index (κ1) is 22.0. The molecule has 3 heterocycles. The monoisotopic (exact) mass is 483 g/mol. The summed E-state index contributed by atoms with van der Waals surface area (Å²) in [5.74, 6) is 0.107. The molecule has 2 aromatic heterocycles. The maximum atomic E-state index is 14.0. The van der Waals surface area contributed by atoms with Crippen LogP contribution in [0.5, 0.6) is 0 Å². The zero-order valence-electron chi connectivity index (χ0n) is 19.4. The van der Waals surface area contributed by atoms with Crippen LogP contribution >= 0.6 is 11.6 Å². The molecular formula is C28H26ClN5O. The highest BCUT2D eigenvalue weighted by Gasteiger charge is 2.30. The minimum atomic E-state index is 0.107. The fraction of sp³-hybridized carbons (Fsp3) is 0.286. The maximum absolute atomic E-state index is 14.0. The van der Waals surface area contributed by atoms with E-state index in [1.807, 2.05) is 58.1 Å². The Hall–Kier alpha value is -3.51. The molecule has 1 fully saturated rings. The Balaban J connectivity index is 1.40. The number of halogens is 1. The fourth-order valence-corrected chi connectivity index (χ4v) is 5.59. The van der Waals surface area contributed by atoms with Gasteiger partial charge in [-0.2, -0.15) is 5.10 Å². The summed E-state index contributed by atoms with van der Waals surface area (Å²) in [7, 11) is 0. The van der Waals surface area contributed by atoms with Crippen molar-refractivity contribution < 1.29 is 4.79 Å². The number of para-hydroxylation sites is 1. The number of piperidine rings is 1. The molecule has 6 nitrogen and oxygen atoms in total. The average Bonchev–Trinajstić information content (AvgIpc) is 3.44. The highest BCUT2D eigenvalue weighted by molar-refractivity contribution is 6.32. The van der Waals surface area contributed by atoms with Crippen LogP contribution < -0.4 is 0 Å². The van der Waals surface area contributed by atoms with E-state index in [4.69, 9.17) is 16.6 Å². The van der Waals surface area contributed by atoms with Gasteiger partial charge < -0.3 is 4.90 Å². The SMILES string of the molecule is O=C(c1c2c(nc3ccccc13)/C(=C/c1ccccc1Cl)CCC2)N1CCC(n2cncn2)CC1. The van der Waals surface area contributed by atoms with Crippen LogP contribution in [0, 0.1) is 0 Å². The van der Waals surface area contributed by atoms with Crippen molar-refractivity contribution in [3.63, 3.8) is 0 Å². The Labute approximate surface area is 209 Å². The summed E-state index contributed by atoms with van der Waals surface area (Å²) in [5.41, 5.74) is 5.81. The van der Waals surface area contributed by atoms with Gasteiger partial charge in [-0.1, -0.05) is 48.0 Å². The molecule has 176 valence electrons. The molecule has 1 aliphatic heterocycles. The Morgan fingerprint density at radius 2 is 1.83 bits per heavy atom. The Kier molecular flexibility index (Phi) is 5.82. The number of amides is 1. The predicted molar refractivity (Wildman–Crippen MR) is 138 cm³/mol. The Morgan fingerprint density at radius 3 is 2.63 bits per heavy atom. The average molecular weight is 484 g/mol. The number of aromatic nitrogens is 4. The molecule has 4 aromatic rings. The van der Waals surface area contributed by atoms with Gasteiger partial charge in [0.2, 0.25) is 0 Å². The van der Waals surface area contributed by atoms with E-state index >= 15 is 0 Å². The number of pyridine rings is 1. The predicted octanol–water partition coefficient (Wildman–Crippen LogP) is 5.83. The van der Waals surface area contributed by atoms with Crippen molar-refractivity contribution in [2.45, 2.75) is 38.1 Å². The maximum Gasteiger partial charge on any atom is 0.254 e. The van der Waals surface area contributed by atoms with Crippen LogP contribution in [-0.2, 0) is 6.42 Å². The second-order valence-electron chi connectivity index (χ2n) is 9.27. The summed E-state index contributed by atoms with van der Waals surface area (Å²) in [6.45, 7) is 1.41. The molecule has 7 heteroatoms. The number of benzene rings is 2. The molecule has 1 saturated heterocycles. The van der Waals surface area contributed by atoms with E-state index in [0.717, 1.165) is 76.0 Å². The van der Waals surface area contributed by atoms with Crippen LogP contribution in [0.4, 0.5) is 0 Å². The zero-order valence-corrected chi connectivity index (χ0v) is 20.2. The van der Waals surface area contributed by atoms with Gasteiger partial charge in [0.25, 0.3) is 5.91 Å². The van der Waals surface area contributed by atoms with Gasteiger partial charge in [-0.15, -0.1) is 0 Å². The number of fused-ring (bicyclic) bond motifs is 2. The lowest BCUT2D eigenvalue weighted by atomic mass is 9.85. The molecule has 35 heavy (non-hydrogen) atoms. The smallest absolute Gasteiger partial charge is 0.254 e. The van der Waals surface area contributed by atoms with Crippen molar-refractivity contribution in [2.75, 3.05) is 13.1 Å². The summed E-state index contributed by atoms with van der Waals surface area (Å²) in [6, 6.07) is 16.2. The standard InChI is InChI=1S/C28H26ClN5O/c29-24-10-3-1-6-19(24)16-20-7-5-9-23-26(22-8-2-4-11-25(22)32-27(20)23)28(35)33-14-12-21(13-15-33)34-18-30-17-31-34/h1-4,6,8,10-11,16-18,21H,5,7,9,12-15H2/b20-16+. The minimum Gasteiger partial charge on any atom is -0.338 e. The molecule has 1 amide bonds. The lowest BCUT2D eigenvalue weighted by Gasteiger charge is -2.33. The Bertz CT molecular complexity index is 1420. The van der Waals surface area contributed by atoms with Crippen molar-refractivity contribution in [3.8, 4) is 0 Å². The second-order valence-corrected chi connectivity index (χ2v) is 9.68. The molecule has 1 aliphatic carbocycles. The van der Waals surface area contributed by atoms with Gasteiger partial charge in [0.05, 0.1) is 22.8 Å². The molecule has 2 aromatic carbocycles. The first-order chi connectivity index (χ1) is 17.2. The number of carbonyl (C=O) groups is 1. The minimum absolute atomic E-state index is 0.107. The molecule has 0 unspecified atom stereocenters. The summed E-state index contributed by atoms with van der Waals surface area (Å²) >= 11 is 6.46. The van der Waals surface area contributed by atoms with E-state index < -0.39 is 0 Å². The summed E-state index contributed by atoms with van der Waals surface area (Å²) < 4.78 is 1.91. The Morgan fingerprint density at radius 1 is 1.03 bits per heavy atom. The van der Waals surface area contributed by atoms with Crippen LogP contribution in [0.25, 0.3) is 22.6 Å². The highest BCUT2D eigenvalue weighted by atomic mass is 35.5. The normalized spacial score (nSPS) is 17.6. The number of rotatable bonds is 3. The first-order valence-corrected chi connectivity index (χ1v) is 12.6. The number of hydrogen-bond donors (Lipinski definition) is 0. The van der Waals surface area contributed by atoms with Crippen LogP contribution in [0.15, 0.2) is 61.2 Å². The van der Waals surface area contributed by atoms with Gasteiger partial charge in [0.15, 0.2) is 0 Å². The van der Waals surface area contributed by atoms with Gasteiger partial charge in [-0.25, -0.2) is 14.6 Å². The van der Waals surface area contributed by atoms with Crippen molar-refractivity contribution in [3.05, 3.63) is 88.6 Å². The third-order valence-electron chi connectivity index (χ3n) is 7.18. The van der Waals surface area contributed by atoms with Gasteiger partial charge in [0.1, 0.15) is 12.7 Å². The van der Waals surface area contributed by atoms with Gasteiger partial charge in [-0.3, -0.25) is 4.79 Å². The number of likely N-dealkylation sites (tertiary alicyclic amines) is 1. The summed E-state index contributed by atoms with van der Waals surface area (Å²) in [5, 5.41) is 5.95. The van der Waals surface area contributed by atoms with E-state index in [1.54, 1.807) is 12.7 Å². The first-order valence-electron chi connectivity index (χ1n) is 12.2. The largest absolute Gasteiger partial charge is 0.338 e. The zero-order chi connectivity index (χ0) is 23.8. The van der Waals surface area contributed by atoms with E-state index in [1.165, 1.54) is 0 Å².